The highest BCUT2D eigenvalue weighted by molar-refractivity contribution is 7.99. The highest BCUT2D eigenvalue weighted by Gasteiger charge is 2.18. The molecule has 3 aromatic rings. The van der Waals surface area contributed by atoms with E-state index in [1.54, 1.807) is 20.8 Å². The predicted octanol–water partition coefficient (Wildman–Crippen LogP) is 4.22. The molecule has 126 valence electrons. The van der Waals surface area contributed by atoms with Crippen LogP contribution in [0.3, 0.4) is 0 Å². The number of hydrogen-bond acceptors (Lipinski definition) is 7. The van der Waals surface area contributed by atoms with Crippen LogP contribution in [-0.4, -0.2) is 32.9 Å². The maximum Gasteiger partial charge on any atom is 0.509 e. The summed E-state index contributed by atoms with van der Waals surface area (Å²) in [6.45, 7) is 5.22. The second-order valence-electron chi connectivity index (χ2n) is 5.34. The first-order valence-corrected chi connectivity index (χ1v) is 8.35. The minimum atomic E-state index is -0.721. The fourth-order valence-electron chi connectivity index (χ4n) is 2.14. The molecule has 0 spiro atoms. The van der Waals surface area contributed by atoms with E-state index in [0.29, 0.717) is 11.1 Å². The zero-order valence-corrected chi connectivity index (χ0v) is 14.3. The first-order chi connectivity index (χ1) is 11.5. The van der Waals surface area contributed by atoms with Gasteiger partial charge >= 0.3 is 6.16 Å². The number of fused-ring (bicyclic) bond motifs is 1. The van der Waals surface area contributed by atoms with Gasteiger partial charge < -0.3 is 18.9 Å². The van der Waals surface area contributed by atoms with Gasteiger partial charge in [-0.15, -0.1) is 10.2 Å². The third-order valence-corrected chi connectivity index (χ3v) is 3.88. The van der Waals surface area contributed by atoms with E-state index >= 15 is 0 Å². The predicted molar refractivity (Wildman–Crippen MR) is 89.6 cm³/mol. The first-order valence-electron chi connectivity index (χ1n) is 7.47. The number of ether oxygens (including phenoxy) is 2. The van der Waals surface area contributed by atoms with Gasteiger partial charge in [0.2, 0.25) is 0 Å². The van der Waals surface area contributed by atoms with E-state index in [9.17, 15) is 4.79 Å². The first kappa shape index (κ1) is 16.4. The Labute approximate surface area is 142 Å². The zero-order valence-electron chi connectivity index (χ0n) is 13.5. The Kier molecular flexibility index (Phi) is 4.75. The summed E-state index contributed by atoms with van der Waals surface area (Å²) in [5, 5.41) is 9.37. The molecule has 24 heavy (non-hydrogen) atoms. The van der Waals surface area contributed by atoms with E-state index in [1.165, 1.54) is 0 Å². The van der Waals surface area contributed by atoms with Crippen LogP contribution < -0.4 is 0 Å². The number of thioether (sulfide) groups is 1. The quantitative estimate of drug-likeness (QED) is 0.420. The SMILES string of the molecule is CC(C)OC(=O)OC(C)Sc1nnc(-c2c[nH]c3ccccc23)o1. The maximum atomic E-state index is 11.5. The van der Waals surface area contributed by atoms with Crippen LogP contribution >= 0.6 is 11.8 Å². The molecule has 2 heterocycles. The van der Waals surface area contributed by atoms with Crippen LogP contribution in [0.1, 0.15) is 20.8 Å². The lowest BCUT2D eigenvalue weighted by Gasteiger charge is -2.12. The summed E-state index contributed by atoms with van der Waals surface area (Å²) in [5.74, 6) is 0.409. The van der Waals surface area contributed by atoms with Crippen LogP contribution in [0.4, 0.5) is 4.79 Å². The van der Waals surface area contributed by atoms with E-state index < -0.39 is 11.6 Å². The van der Waals surface area contributed by atoms with Gasteiger partial charge in [0.25, 0.3) is 11.1 Å². The summed E-state index contributed by atoms with van der Waals surface area (Å²) < 4.78 is 15.7. The Balaban J connectivity index is 1.68. The third kappa shape index (κ3) is 3.70. The number of para-hydroxylation sites is 1. The Bertz CT molecular complexity index is 843. The number of aromatic amines is 1. The normalized spacial score (nSPS) is 12.5. The lowest BCUT2D eigenvalue weighted by molar-refractivity contribution is 0.0310. The van der Waals surface area contributed by atoms with Crippen LogP contribution in [0, 0.1) is 0 Å². The van der Waals surface area contributed by atoms with Gasteiger partial charge in [0.05, 0.1) is 11.7 Å². The molecule has 1 unspecified atom stereocenters. The molecule has 1 N–H and O–H groups in total. The molecule has 0 aliphatic rings. The molecule has 2 aromatic heterocycles. The number of carbonyl (C=O) groups is 1. The Hall–Kier alpha value is -2.48. The molecule has 0 saturated heterocycles. The largest absolute Gasteiger partial charge is 0.509 e. The third-order valence-electron chi connectivity index (χ3n) is 3.09. The number of rotatable bonds is 5. The number of benzene rings is 1. The van der Waals surface area contributed by atoms with Gasteiger partial charge in [-0.1, -0.05) is 18.2 Å². The summed E-state index contributed by atoms with van der Waals surface area (Å²) in [7, 11) is 0. The summed E-state index contributed by atoms with van der Waals surface area (Å²) in [6.07, 6.45) is 0.875. The van der Waals surface area contributed by atoms with Gasteiger partial charge in [-0.2, -0.15) is 0 Å². The molecule has 0 radical (unpaired) electrons. The highest BCUT2D eigenvalue weighted by Crippen LogP contribution is 2.30. The van der Waals surface area contributed by atoms with Gasteiger partial charge in [0.15, 0.2) is 5.44 Å². The van der Waals surface area contributed by atoms with Crippen molar-refractivity contribution >= 4 is 28.8 Å². The molecule has 0 aliphatic carbocycles. The smallest absolute Gasteiger partial charge is 0.432 e. The highest BCUT2D eigenvalue weighted by atomic mass is 32.2. The molecule has 3 rings (SSSR count). The number of nitrogens with zero attached hydrogens (tertiary/aromatic N) is 2. The Morgan fingerprint density at radius 1 is 1.21 bits per heavy atom. The van der Waals surface area contributed by atoms with Crippen molar-refractivity contribution in [2.75, 3.05) is 0 Å². The van der Waals surface area contributed by atoms with Crippen molar-refractivity contribution < 1.29 is 18.7 Å². The standard InChI is InChI=1S/C16H17N3O4S/c1-9(2)21-16(20)22-10(3)24-15-19-18-14(23-15)12-8-17-13-7-5-4-6-11(12)13/h4-10,17H,1-3H3. The number of nitrogens with one attached hydrogen (secondary N) is 1. The molecule has 0 fully saturated rings. The molecule has 1 atom stereocenters. The summed E-state index contributed by atoms with van der Waals surface area (Å²) in [6, 6.07) is 7.85. The van der Waals surface area contributed by atoms with Crippen LogP contribution in [0.15, 0.2) is 40.1 Å². The fraction of sp³-hybridized carbons (Fsp3) is 0.312. The van der Waals surface area contributed by atoms with Gasteiger partial charge in [-0.25, -0.2) is 4.79 Å². The van der Waals surface area contributed by atoms with Crippen LogP contribution in [0.25, 0.3) is 22.4 Å². The number of aromatic nitrogens is 3. The second kappa shape index (κ2) is 6.96. The van der Waals surface area contributed by atoms with E-state index in [-0.39, 0.29) is 6.10 Å². The minimum absolute atomic E-state index is 0.230. The number of H-pyrrole nitrogens is 1. The molecule has 0 saturated carbocycles. The van der Waals surface area contributed by atoms with E-state index in [0.717, 1.165) is 28.2 Å². The summed E-state index contributed by atoms with van der Waals surface area (Å²) >= 11 is 1.15. The molecule has 0 amide bonds. The van der Waals surface area contributed by atoms with Crippen molar-refractivity contribution in [2.24, 2.45) is 0 Å². The number of carbonyl (C=O) groups excluding carboxylic acids is 1. The van der Waals surface area contributed by atoms with Crippen molar-refractivity contribution in [1.29, 1.82) is 0 Å². The van der Waals surface area contributed by atoms with Crippen molar-refractivity contribution in [2.45, 2.75) is 37.5 Å². The summed E-state index contributed by atoms with van der Waals surface area (Å²) in [5.41, 5.74) is 1.32. The molecular weight excluding hydrogens is 330 g/mol. The topological polar surface area (TPSA) is 90.2 Å². The van der Waals surface area contributed by atoms with Crippen molar-refractivity contribution in [3.8, 4) is 11.5 Å². The lowest BCUT2D eigenvalue weighted by Crippen LogP contribution is -2.17. The van der Waals surface area contributed by atoms with Crippen molar-refractivity contribution in [3.63, 3.8) is 0 Å². The Morgan fingerprint density at radius 2 is 2.00 bits per heavy atom. The second-order valence-corrected chi connectivity index (χ2v) is 6.59. The Morgan fingerprint density at radius 3 is 2.79 bits per heavy atom. The van der Waals surface area contributed by atoms with Gasteiger partial charge in [0, 0.05) is 17.1 Å². The van der Waals surface area contributed by atoms with E-state index in [4.69, 9.17) is 13.9 Å². The van der Waals surface area contributed by atoms with Crippen molar-refractivity contribution in [1.82, 2.24) is 15.2 Å². The van der Waals surface area contributed by atoms with Gasteiger partial charge in [-0.3, -0.25) is 0 Å². The summed E-state index contributed by atoms with van der Waals surface area (Å²) in [4.78, 5) is 14.6. The molecular formula is C16H17N3O4S. The fourth-order valence-corrected chi connectivity index (χ4v) is 2.76. The monoisotopic (exact) mass is 347 g/mol. The van der Waals surface area contributed by atoms with E-state index in [2.05, 4.69) is 15.2 Å². The van der Waals surface area contributed by atoms with Crippen LogP contribution in [0.2, 0.25) is 0 Å². The average molecular weight is 347 g/mol. The van der Waals surface area contributed by atoms with Crippen LogP contribution in [0.5, 0.6) is 0 Å². The molecule has 1 aromatic carbocycles. The maximum absolute atomic E-state index is 11.5. The molecule has 0 aliphatic heterocycles. The van der Waals surface area contributed by atoms with Gasteiger partial charge in [-0.05, 0) is 38.6 Å². The average Bonchev–Trinajstić information content (AvgIpc) is 3.12. The van der Waals surface area contributed by atoms with Crippen LogP contribution in [-0.2, 0) is 9.47 Å². The van der Waals surface area contributed by atoms with E-state index in [1.807, 2.05) is 30.5 Å². The molecule has 0 bridgehead atoms. The molecule has 7 nitrogen and oxygen atoms in total. The molecule has 8 heteroatoms. The lowest BCUT2D eigenvalue weighted by atomic mass is 10.2. The van der Waals surface area contributed by atoms with Crippen molar-refractivity contribution in [3.05, 3.63) is 30.5 Å². The van der Waals surface area contributed by atoms with Gasteiger partial charge in [0.1, 0.15) is 0 Å². The number of hydrogen-bond donors (Lipinski definition) is 1. The zero-order chi connectivity index (χ0) is 17.1. The minimum Gasteiger partial charge on any atom is -0.432 e.